The third kappa shape index (κ3) is 9.20. The van der Waals surface area contributed by atoms with Crippen molar-refractivity contribution in [2.75, 3.05) is 19.5 Å². The van der Waals surface area contributed by atoms with Gasteiger partial charge in [0.25, 0.3) is 0 Å². The molecular formula is C27H40O5S. The number of rotatable bonds is 13. The van der Waals surface area contributed by atoms with Crippen molar-refractivity contribution >= 4 is 10.8 Å². The predicted octanol–water partition coefficient (Wildman–Crippen LogP) is 4.98. The quantitative estimate of drug-likeness (QED) is 0.442. The number of aliphatic hydroxyl groups excluding tert-OH is 1. The summed E-state index contributed by atoms with van der Waals surface area (Å²) < 4.78 is 29.9. The molecule has 0 aromatic heterocycles. The summed E-state index contributed by atoms with van der Waals surface area (Å²) in [5.74, 6) is 0.871. The summed E-state index contributed by atoms with van der Waals surface area (Å²) in [6, 6.07) is 17.7. The van der Waals surface area contributed by atoms with Gasteiger partial charge >= 0.3 is 0 Å². The third-order valence-electron chi connectivity index (χ3n) is 5.82. The fourth-order valence-corrected chi connectivity index (χ4v) is 4.65. The van der Waals surface area contributed by atoms with Gasteiger partial charge in [0.2, 0.25) is 0 Å². The minimum Gasteiger partial charge on any atom is -0.497 e. The lowest BCUT2D eigenvalue weighted by molar-refractivity contribution is -0.0578. The molecule has 1 N–H and O–H groups in total. The maximum absolute atomic E-state index is 12.9. The zero-order valence-electron chi connectivity index (χ0n) is 20.8. The van der Waals surface area contributed by atoms with Crippen LogP contribution in [-0.2, 0) is 33.5 Å². The fraction of sp³-hybridized carbons (Fsp3) is 0.556. The Hall–Kier alpha value is -1.73. The van der Waals surface area contributed by atoms with E-state index in [1.54, 1.807) is 7.11 Å². The zero-order chi connectivity index (χ0) is 24.4. The molecule has 0 saturated heterocycles. The van der Waals surface area contributed by atoms with Gasteiger partial charge in [0.15, 0.2) is 0 Å². The zero-order valence-corrected chi connectivity index (χ0v) is 21.6. The Bertz CT molecular complexity index is 832. The Balaban J connectivity index is 2.00. The van der Waals surface area contributed by atoms with Crippen LogP contribution in [0.25, 0.3) is 0 Å². The van der Waals surface area contributed by atoms with Gasteiger partial charge in [-0.25, -0.2) is 0 Å². The lowest BCUT2D eigenvalue weighted by Gasteiger charge is -2.32. The Kier molecular flexibility index (Phi) is 11.0. The van der Waals surface area contributed by atoms with E-state index in [1.807, 2.05) is 89.2 Å². The molecular weight excluding hydrogens is 436 g/mol. The molecule has 0 amide bonds. The Morgan fingerprint density at radius 2 is 1.55 bits per heavy atom. The van der Waals surface area contributed by atoms with E-state index in [2.05, 4.69) is 0 Å². The van der Waals surface area contributed by atoms with Crippen molar-refractivity contribution in [3.8, 4) is 5.75 Å². The van der Waals surface area contributed by atoms with Crippen molar-refractivity contribution < 1.29 is 23.5 Å². The number of methoxy groups -OCH3 is 1. The Morgan fingerprint density at radius 1 is 0.939 bits per heavy atom. The maximum atomic E-state index is 12.9. The highest BCUT2D eigenvalue weighted by molar-refractivity contribution is 7.86. The highest BCUT2D eigenvalue weighted by Crippen LogP contribution is 2.24. The van der Waals surface area contributed by atoms with Crippen LogP contribution < -0.4 is 4.74 Å². The van der Waals surface area contributed by atoms with Gasteiger partial charge in [-0.1, -0.05) is 56.3 Å². The van der Waals surface area contributed by atoms with Gasteiger partial charge < -0.3 is 19.3 Å². The van der Waals surface area contributed by atoms with Gasteiger partial charge in [-0.3, -0.25) is 4.21 Å². The van der Waals surface area contributed by atoms with Crippen molar-refractivity contribution in [1.82, 2.24) is 0 Å². The van der Waals surface area contributed by atoms with Crippen molar-refractivity contribution in [2.24, 2.45) is 11.8 Å². The first kappa shape index (κ1) is 27.5. The summed E-state index contributed by atoms with van der Waals surface area (Å²) in [5, 5.41) is 11.1. The number of hydrogen-bond acceptors (Lipinski definition) is 5. The van der Waals surface area contributed by atoms with Crippen molar-refractivity contribution in [3.05, 3.63) is 65.7 Å². The largest absolute Gasteiger partial charge is 0.497 e. The van der Waals surface area contributed by atoms with Crippen LogP contribution in [-0.4, -0.2) is 45.7 Å². The molecule has 0 radical (unpaired) electrons. The Labute approximate surface area is 201 Å². The minimum atomic E-state index is -1.10. The first-order valence-electron chi connectivity index (χ1n) is 11.5. The summed E-state index contributed by atoms with van der Waals surface area (Å²) in [6.07, 6.45) is -0.989. The first-order valence-corrected chi connectivity index (χ1v) is 12.9. The molecule has 0 bridgehead atoms. The molecule has 0 aliphatic rings. The molecule has 0 aliphatic carbocycles. The van der Waals surface area contributed by atoms with Crippen LogP contribution in [0.15, 0.2) is 54.6 Å². The topological polar surface area (TPSA) is 65.0 Å². The lowest BCUT2D eigenvalue weighted by atomic mass is 9.90. The van der Waals surface area contributed by atoms with Gasteiger partial charge in [-0.2, -0.15) is 0 Å². The fourth-order valence-electron chi connectivity index (χ4n) is 3.45. The maximum Gasteiger partial charge on any atom is 0.118 e. The van der Waals surface area contributed by atoms with E-state index in [-0.39, 0.29) is 22.7 Å². The van der Waals surface area contributed by atoms with E-state index >= 15 is 0 Å². The molecule has 2 aromatic rings. The monoisotopic (exact) mass is 476 g/mol. The average Bonchev–Trinajstić information content (AvgIpc) is 2.81. The number of ether oxygens (including phenoxy) is 3. The van der Waals surface area contributed by atoms with Crippen LogP contribution in [0.1, 0.15) is 45.7 Å². The summed E-state index contributed by atoms with van der Waals surface area (Å²) in [6.45, 7) is 11.2. The van der Waals surface area contributed by atoms with E-state index in [0.717, 1.165) is 16.9 Å². The predicted molar refractivity (Wildman–Crippen MR) is 135 cm³/mol. The third-order valence-corrected chi connectivity index (χ3v) is 7.82. The summed E-state index contributed by atoms with van der Waals surface area (Å²) in [4.78, 5) is 0. The number of aliphatic hydroxyl groups is 1. The second-order valence-electron chi connectivity index (χ2n) is 9.65. The summed E-state index contributed by atoms with van der Waals surface area (Å²) in [5.41, 5.74) is 2.11. The molecule has 0 heterocycles. The van der Waals surface area contributed by atoms with Gasteiger partial charge in [0.1, 0.15) is 5.75 Å². The van der Waals surface area contributed by atoms with Gasteiger partial charge in [0.05, 0.1) is 44.9 Å². The van der Waals surface area contributed by atoms with Gasteiger partial charge in [-0.05, 0) is 44.0 Å². The molecule has 0 fully saturated rings. The van der Waals surface area contributed by atoms with Crippen LogP contribution in [0.5, 0.6) is 5.75 Å². The van der Waals surface area contributed by atoms with Crippen LogP contribution in [0.3, 0.4) is 0 Å². The van der Waals surface area contributed by atoms with E-state index < -0.39 is 16.9 Å². The molecule has 2 rings (SSSR count). The molecule has 0 aliphatic heterocycles. The highest BCUT2D eigenvalue weighted by atomic mass is 32.2. The van der Waals surface area contributed by atoms with Crippen LogP contribution in [0.4, 0.5) is 0 Å². The molecule has 5 nitrogen and oxygen atoms in total. The molecule has 33 heavy (non-hydrogen) atoms. The van der Waals surface area contributed by atoms with E-state index in [9.17, 15) is 9.32 Å². The van der Waals surface area contributed by atoms with Crippen molar-refractivity contribution in [3.63, 3.8) is 0 Å². The lowest BCUT2D eigenvalue weighted by Crippen LogP contribution is -2.42. The van der Waals surface area contributed by atoms with Crippen molar-refractivity contribution in [2.45, 2.75) is 64.8 Å². The summed E-state index contributed by atoms with van der Waals surface area (Å²) >= 11 is 0. The first-order chi connectivity index (χ1) is 15.6. The van der Waals surface area contributed by atoms with E-state index in [1.165, 1.54) is 0 Å². The minimum absolute atomic E-state index is 0.0844. The molecule has 184 valence electrons. The highest BCUT2D eigenvalue weighted by Gasteiger charge is 2.33. The van der Waals surface area contributed by atoms with Crippen LogP contribution in [0.2, 0.25) is 0 Å². The standard InChI is InChI=1S/C27H40O5S/c1-20(16-31-17-22-10-8-7-9-11-22)26(28)21(2)25(19-33(29)27(3,4)5)32-18-23-12-14-24(30-6)15-13-23/h7-15,20-21,25-26,28H,16-19H2,1-6H3/t20-,21-,25+,26-,33+/m0/s1. The molecule has 2 aromatic carbocycles. The molecule has 0 unspecified atom stereocenters. The smallest absolute Gasteiger partial charge is 0.118 e. The van der Waals surface area contributed by atoms with E-state index in [0.29, 0.717) is 25.6 Å². The van der Waals surface area contributed by atoms with Gasteiger partial charge in [0, 0.05) is 27.4 Å². The second-order valence-corrected chi connectivity index (χ2v) is 11.9. The van der Waals surface area contributed by atoms with Crippen LogP contribution >= 0.6 is 0 Å². The Morgan fingerprint density at radius 3 is 2.12 bits per heavy atom. The SMILES string of the molecule is COc1ccc(CO[C@H](C[S@@](=O)C(C)(C)C)[C@H](C)[C@@H](O)[C@@H](C)COCc2ccccc2)cc1. The molecule has 5 atom stereocenters. The normalized spacial score (nSPS) is 16.6. The van der Waals surface area contributed by atoms with Crippen molar-refractivity contribution in [1.29, 1.82) is 0 Å². The summed E-state index contributed by atoms with van der Waals surface area (Å²) in [7, 11) is 0.538. The second kappa shape index (κ2) is 13.2. The number of hydrogen-bond donors (Lipinski definition) is 1. The average molecular weight is 477 g/mol. The van der Waals surface area contributed by atoms with Gasteiger partial charge in [-0.15, -0.1) is 0 Å². The molecule has 6 heteroatoms. The molecule has 0 saturated carbocycles. The number of benzene rings is 2. The van der Waals surface area contributed by atoms with E-state index in [4.69, 9.17) is 14.2 Å². The molecule has 0 spiro atoms. The van der Waals surface area contributed by atoms with Crippen LogP contribution in [0, 0.1) is 11.8 Å².